The van der Waals surface area contributed by atoms with Gasteiger partial charge in [0.1, 0.15) is 11.9 Å². The third-order valence-corrected chi connectivity index (χ3v) is 2.55. The topological polar surface area (TPSA) is 30.5 Å². The molecule has 0 amide bonds. The van der Waals surface area contributed by atoms with E-state index in [1.54, 1.807) is 14.7 Å². The second-order valence-corrected chi connectivity index (χ2v) is 3.65. The molecule has 0 bridgehead atoms. The van der Waals surface area contributed by atoms with E-state index in [-0.39, 0.29) is 6.10 Å². The maximum absolute atomic E-state index is 5.84. The molecule has 4 heteroatoms. The molecule has 0 unspecified atom stereocenters. The molecule has 1 heterocycles. The summed E-state index contributed by atoms with van der Waals surface area (Å²) in [5, 5.41) is 3.06. The zero-order valence-corrected chi connectivity index (χ0v) is 8.90. The Kier molecular flexibility index (Phi) is 3.64. The predicted octanol–water partition coefficient (Wildman–Crippen LogP) is 1.15. The molecule has 0 aromatic heterocycles. The average Bonchev–Trinajstić information content (AvgIpc) is 2.29. The van der Waals surface area contributed by atoms with Crippen LogP contribution in [-0.4, -0.2) is 27.4 Å². The highest BCUT2D eigenvalue weighted by Crippen LogP contribution is 2.26. The molecule has 1 aliphatic heterocycles. The van der Waals surface area contributed by atoms with Crippen LogP contribution in [0, 0.1) is 0 Å². The first kappa shape index (κ1) is 10.5. The van der Waals surface area contributed by atoms with Gasteiger partial charge in [0.25, 0.3) is 0 Å². The zero-order chi connectivity index (χ0) is 10.5. The van der Waals surface area contributed by atoms with Crippen LogP contribution in [0.4, 0.5) is 0 Å². The molecule has 0 spiro atoms. The summed E-state index contributed by atoms with van der Waals surface area (Å²) < 4.78 is 10.7. The minimum Gasteiger partial charge on any atom is -0.489 e. The number of fused-ring (bicyclic) bond motifs is 1. The maximum atomic E-state index is 5.84. The molecular weight excluding hydrogens is 189 g/mol. The quantitative estimate of drug-likeness (QED) is 0.589. The fraction of sp³-hybridized carbons (Fsp3) is 0.455. The highest BCUT2D eigenvalue weighted by Gasteiger charge is 2.18. The number of hydrogen-bond donors (Lipinski definition) is 1. The van der Waals surface area contributed by atoms with Crippen LogP contribution in [-0.2, 0) is 11.1 Å². The van der Waals surface area contributed by atoms with E-state index < -0.39 is 0 Å². The summed E-state index contributed by atoms with van der Waals surface area (Å²) in [5.41, 5.74) is 1.31. The van der Waals surface area contributed by atoms with E-state index in [9.17, 15) is 0 Å². The van der Waals surface area contributed by atoms with Crippen molar-refractivity contribution in [1.82, 2.24) is 5.23 Å². The maximum Gasteiger partial charge on any atom is 0.395 e. The first-order chi connectivity index (χ1) is 7.40. The summed E-state index contributed by atoms with van der Waals surface area (Å²) in [6.45, 7) is 0.794. The van der Waals surface area contributed by atoms with Crippen molar-refractivity contribution < 1.29 is 9.39 Å². The van der Waals surface area contributed by atoms with Crippen LogP contribution < -0.4 is 9.96 Å². The molecule has 1 aromatic carbocycles. The molecular formula is C11H15BNO2. The van der Waals surface area contributed by atoms with Crippen molar-refractivity contribution in [2.75, 3.05) is 13.7 Å². The van der Waals surface area contributed by atoms with E-state index in [1.807, 2.05) is 12.1 Å². The molecule has 0 saturated heterocycles. The van der Waals surface area contributed by atoms with Crippen molar-refractivity contribution in [2.24, 2.45) is 0 Å². The Labute approximate surface area is 91.1 Å². The van der Waals surface area contributed by atoms with E-state index in [0.29, 0.717) is 0 Å². The SMILES string of the molecule is CO[B]NC[C@H]1CCc2ccccc2O1. The van der Waals surface area contributed by atoms with Crippen LogP contribution in [0.2, 0.25) is 0 Å². The first-order valence-electron chi connectivity index (χ1n) is 5.22. The summed E-state index contributed by atoms with van der Waals surface area (Å²) in [6, 6.07) is 8.22. The minimum atomic E-state index is 0.242. The summed E-state index contributed by atoms with van der Waals surface area (Å²) in [5.74, 6) is 1.02. The van der Waals surface area contributed by atoms with Crippen molar-refractivity contribution >= 4 is 7.62 Å². The van der Waals surface area contributed by atoms with Gasteiger partial charge in [-0.3, -0.25) is 0 Å². The Balaban J connectivity index is 1.88. The molecule has 0 saturated carbocycles. The zero-order valence-electron chi connectivity index (χ0n) is 8.90. The third kappa shape index (κ3) is 2.73. The van der Waals surface area contributed by atoms with Crippen molar-refractivity contribution in [3.63, 3.8) is 0 Å². The third-order valence-electron chi connectivity index (χ3n) is 2.55. The molecule has 1 atom stereocenters. The Bertz CT molecular complexity index is 319. The van der Waals surface area contributed by atoms with Gasteiger partial charge in [-0.15, -0.1) is 0 Å². The van der Waals surface area contributed by atoms with Crippen LogP contribution in [0.15, 0.2) is 24.3 Å². The molecule has 0 aliphatic carbocycles. The molecule has 1 aliphatic rings. The van der Waals surface area contributed by atoms with Gasteiger partial charge in [0.15, 0.2) is 0 Å². The molecule has 1 aromatic rings. The molecule has 15 heavy (non-hydrogen) atoms. The van der Waals surface area contributed by atoms with Crippen LogP contribution in [0.25, 0.3) is 0 Å². The standard InChI is InChI=1S/C11H15BNO2/c1-14-12-13-8-10-7-6-9-4-2-3-5-11(9)15-10/h2-5,10,13H,6-8H2,1H3/t10-/m1/s1. The van der Waals surface area contributed by atoms with Crippen LogP contribution in [0.3, 0.4) is 0 Å². The van der Waals surface area contributed by atoms with Gasteiger partial charge in [-0.25, -0.2) is 0 Å². The van der Waals surface area contributed by atoms with Gasteiger partial charge in [0.2, 0.25) is 0 Å². The first-order valence-corrected chi connectivity index (χ1v) is 5.22. The summed E-state index contributed by atoms with van der Waals surface area (Å²) >= 11 is 0. The molecule has 3 nitrogen and oxygen atoms in total. The number of nitrogens with one attached hydrogen (secondary N) is 1. The molecule has 0 fully saturated rings. The number of para-hydroxylation sites is 1. The lowest BCUT2D eigenvalue weighted by atomic mass is 10.0. The monoisotopic (exact) mass is 204 g/mol. The summed E-state index contributed by atoms with van der Waals surface area (Å²) in [7, 11) is 3.22. The lowest BCUT2D eigenvalue weighted by molar-refractivity contribution is 0.175. The van der Waals surface area contributed by atoms with Crippen molar-refractivity contribution in [1.29, 1.82) is 0 Å². The Morgan fingerprint density at radius 1 is 1.53 bits per heavy atom. The predicted molar refractivity (Wildman–Crippen MR) is 59.9 cm³/mol. The number of ether oxygens (including phenoxy) is 1. The molecule has 79 valence electrons. The summed E-state index contributed by atoms with van der Waals surface area (Å²) in [4.78, 5) is 0. The number of aryl methyl sites for hydroxylation is 1. The smallest absolute Gasteiger partial charge is 0.395 e. The van der Waals surface area contributed by atoms with Gasteiger partial charge in [-0.1, -0.05) is 18.2 Å². The number of rotatable bonds is 4. The second kappa shape index (κ2) is 5.19. The highest BCUT2D eigenvalue weighted by atomic mass is 16.5. The molecule has 1 radical (unpaired) electrons. The normalized spacial score (nSPS) is 19.1. The van der Waals surface area contributed by atoms with E-state index in [2.05, 4.69) is 17.4 Å². The van der Waals surface area contributed by atoms with E-state index >= 15 is 0 Å². The van der Waals surface area contributed by atoms with E-state index in [1.165, 1.54) is 5.56 Å². The van der Waals surface area contributed by atoms with Crippen LogP contribution in [0.1, 0.15) is 12.0 Å². The van der Waals surface area contributed by atoms with Gasteiger partial charge in [-0.2, -0.15) is 0 Å². The fourth-order valence-corrected chi connectivity index (χ4v) is 1.79. The van der Waals surface area contributed by atoms with Gasteiger partial charge >= 0.3 is 7.62 Å². The van der Waals surface area contributed by atoms with E-state index in [0.717, 1.165) is 25.1 Å². The van der Waals surface area contributed by atoms with Crippen LogP contribution in [0.5, 0.6) is 5.75 Å². The Hall–Kier alpha value is -0.995. The summed E-state index contributed by atoms with van der Waals surface area (Å²) in [6.07, 6.45) is 2.39. The Morgan fingerprint density at radius 3 is 3.27 bits per heavy atom. The van der Waals surface area contributed by atoms with Gasteiger partial charge in [0.05, 0.1) is 0 Å². The Morgan fingerprint density at radius 2 is 2.40 bits per heavy atom. The van der Waals surface area contributed by atoms with Crippen molar-refractivity contribution in [3.8, 4) is 5.75 Å². The van der Waals surface area contributed by atoms with E-state index in [4.69, 9.17) is 9.39 Å². The molecule has 1 N–H and O–H groups in total. The van der Waals surface area contributed by atoms with Gasteiger partial charge < -0.3 is 14.6 Å². The highest BCUT2D eigenvalue weighted by molar-refractivity contribution is 6.23. The molecule has 2 rings (SSSR count). The van der Waals surface area contributed by atoms with Crippen molar-refractivity contribution in [3.05, 3.63) is 29.8 Å². The number of hydrogen-bond acceptors (Lipinski definition) is 3. The number of benzene rings is 1. The van der Waals surface area contributed by atoms with Crippen LogP contribution >= 0.6 is 0 Å². The van der Waals surface area contributed by atoms with Crippen molar-refractivity contribution in [2.45, 2.75) is 18.9 Å². The lowest BCUT2D eigenvalue weighted by Crippen LogP contribution is -2.36. The fourth-order valence-electron chi connectivity index (χ4n) is 1.79. The minimum absolute atomic E-state index is 0.242. The second-order valence-electron chi connectivity index (χ2n) is 3.65. The largest absolute Gasteiger partial charge is 0.489 e. The van der Waals surface area contributed by atoms with Gasteiger partial charge in [0, 0.05) is 13.7 Å². The lowest BCUT2D eigenvalue weighted by Gasteiger charge is -2.26. The van der Waals surface area contributed by atoms with Gasteiger partial charge in [-0.05, 0) is 24.5 Å². The average molecular weight is 204 g/mol.